The molecule has 0 aromatic heterocycles. The molecule has 10 heteroatoms. The van der Waals surface area contributed by atoms with E-state index in [1.165, 1.54) is 0 Å². The molecule has 0 bridgehead atoms. The van der Waals surface area contributed by atoms with E-state index in [1.807, 2.05) is 13.0 Å². The third-order valence-electron chi connectivity index (χ3n) is 5.73. The molecule has 9 nitrogen and oxygen atoms in total. The van der Waals surface area contributed by atoms with Crippen molar-refractivity contribution in [1.29, 1.82) is 0 Å². The average molecular weight is 469 g/mol. The van der Waals surface area contributed by atoms with Crippen LogP contribution in [0.25, 0.3) is 0 Å². The molecule has 0 saturated carbocycles. The molecule has 32 heavy (non-hydrogen) atoms. The molecule has 0 aliphatic carbocycles. The van der Waals surface area contributed by atoms with Gasteiger partial charge in [0.05, 0.1) is 6.67 Å². The number of phenolic OH excluding ortho intramolecular Hbond substituents is 1. The number of aliphatic carboxylic acids is 2. The Balaban J connectivity index is 1.95. The van der Waals surface area contributed by atoms with Crippen molar-refractivity contribution in [2.24, 2.45) is 11.5 Å². The highest BCUT2D eigenvalue weighted by atomic mass is 31.1. The smallest absolute Gasteiger partial charge is 0.320 e. The SMILES string of the molecule is Cc1ccc(O)c(P2CN(CCCCC(N)C(=O)O)CN(CCCCC(N)C(=O)O)C2)c1. The molecule has 0 radical (unpaired) electrons. The molecule has 2 unspecified atom stereocenters. The van der Waals surface area contributed by atoms with Crippen LogP contribution in [0.15, 0.2) is 18.2 Å². The fourth-order valence-electron chi connectivity index (χ4n) is 3.87. The first kappa shape index (κ1) is 26.5. The second-order valence-corrected chi connectivity index (χ2v) is 10.8. The Kier molecular flexibility index (Phi) is 10.8. The monoisotopic (exact) mass is 468 g/mol. The Morgan fingerprint density at radius 3 is 1.94 bits per heavy atom. The van der Waals surface area contributed by atoms with Gasteiger partial charge in [-0.2, -0.15) is 0 Å². The van der Waals surface area contributed by atoms with Gasteiger partial charge in [0, 0.05) is 17.9 Å². The lowest BCUT2D eigenvalue weighted by atomic mass is 10.1. The largest absolute Gasteiger partial charge is 0.507 e. The number of carboxylic acid groups (broad SMARTS) is 2. The lowest BCUT2D eigenvalue weighted by Crippen LogP contribution is -2.45. The third kappa shape index (κ3) is 8.64. The minimum absolute atomic E-state index is 0.336. The van der Waals surface area contributed by atoms with Crippen LogP contribution < -0.4 is 16.8 Å². The zero-order chi connectivity index (χ0) is 23.7. The minimum atomic E-state index is -0.963. The molecule has 180 valence electrons. The van der Waals surface area contributed by atoms with E-state index in [2.05, 4.69) is 15.9 Å². The summed E-state index contributed by atoms with van der Waals surface area (Å²) in [6.07, 6.45) is 5.94. The number of benzene rings is 1. The summed E-state index contributed by atoms with van der Waals surface area (Å²) in [7, 11) is -0.605. The number of unbranched alkanes of at least 4 members (excludes halogenated alkanes) is 2. The lowest BCUT2D eigenvalue weighted by molar-refractivity contribution is -0.139. The second-order valence-electron chi connectivity index (χ2n) is 8.63. The van der Waals surface area contributed by atoms with E-state index in [-0.39, 0.29) is 0 Å². The molecular formula is C22H37N4O5P. The maximum atomic E-state index is 10.9. The van der Waals surface area contributed by atoms with Crippen LogP contribution in [-0.4, -0.2) is 81.5 Å². The summed E-state index contributed by atoms with van der Waals surface area (Å²) in [6.45, 7) is 4.52. The molecule has 1 heterocycles. The number of hydrogen-bond donors (Lipinski definition) is 5. The second kappa shape index (κ2) is 13.1. The number of aryl methyl sites for hydroxylation is 1. The zero-order valence-electron chi connectivity index (χ0n) is 18.8. The molecule has 0 spiro atoms. The van der Waals surface area contributed by atoms with Crippen molar-refractivity contribution in [3.05, 3.63) is 23.8 Å². The number of carbonyl (C=O) groups is 2. The molecule has 2 atom stereocenters. The van der Waals surface area contributed by atoms with Crippen LogP contribution in [0.2, 0.25) is 0 Å². The van der Waals surface area contributed by atoms with Crippen LogP contribution in [0.4, 0.5) is 0 Å². The van der Waals surface area contributed by atoms with Gasteiger partial charge in [0.15, 0.2) is 0 Å². The van der Waals surface area contributed by atoms with Gasteiger partial charge < -0.3 is 26.8 Å². The summed E-state index contributed by atoms with van der Waals surface area (Å²) in [4.78, 5) is 26.5. The van der Waals surface area contributed by atoms with Crippen molar-refractivity contribution in [1.82, 2.24) is 9.80 Å². The van der Waals surface area contributed by atoms with Gasteiger partial charge >= 0.3 is 11.9 Å². The van der Waals surface area contributed by atoms with Gasteiger partial charge in [0.2, 0.25) is 0 Å². The molecule has 1 aromatic rings. The number of nitrogens with two attached hydrogens (primary N) is 2. The highest BCUT2D eigenvalue weighted by molar-refractivity contribution is 7.65. The van der Waals surface area contributed by atoms with Crippen molar-refractivity contribution in [3.63, 3.8) is 0 Å². The van der Waals surface area contributed by atoms with Gasteiger partial charge in [0.1, 0.15) is 17.8 Å². The van der Waals surface area contributed by atoms with Crippen molar-refractivity contribution >= 4 is 25.2 Å². The highest BCUT2D eigenvalue weighted by Gasteiger charge is 2.27. The summed E-state index contributed by atoms with van der Waals surface area (Å²) < 4.78 is 0. The predicted molar refractivity (Wildman–Crippen MR) is 126 cm³/mol. The Morgan fingerprint density at radius 1 is 0.969 bits per heavy atom. The summed E-state index contributed by atoms with van der Waals surface area (Å²) in [5.41, 5.74) is 12.3. The van der Waals surface area contributed by atoms with Crippen LogP contribution in [0.3, 0.4) is 0 Å². The zero-order valence-corrected chi connectivity index (χ0v) is 19.7. The van der Waals surface area contributed by atoms with E-state index in [0.717, 1.165) is 68.9 Å². The molecule has 1 aromatic carbocycles. The fraction of sp³-hybridized carbons (Fsp3) is 0.636. The van der Waals surface area contributed by atoms with Crippen LogP contribution >= 0.6 is 7.92 Å². The Morgan fingerprint density at radius 2 is 1.47 bits per heavy atom. The van der Waals surface area contributed by atoms with E-state index in [4.69, 9.17) is 21.7 Å². The summed E-state index contributed by atoms with van der Waals surface area (Å²) in [6, 6.07) is 4.11. The Hall–Kier alpha value is -1.77. The van der Waals surface area contributed by atoms with Crippen molar-refractivity contribution in [2.75, 3.05) is 32.3 Å². The van der Waals surface area contributed by atoms with Crippen LogP contribution in [-0.2, 0) is 9.59 Å². The maximum absolute atomic E-state index is 10.9. The van der Waals surface area contributed by atoms with E-state index in [9.17, 15) is 14.7 Å². The van der Waals surface area contributed by atoms with E-state index < -0.39 is 31.9 Å². The topological polar surface area (TPSA) is 153 Å². The summed E-state index contributed by atoms with van der Waals surface area (Å²) in [5, 5.41) is 29.3. The molecule has 2 rings (SSSR count). The van der Waals surface area contributed by atoms with E-state index in [0.29, 0.717) is 18.6 Å². The van der Waals surface area contributed by atoms with Crippen molar-refractivity contribution in [3.8, 4) is 5.75 Å². The van der Waals surface area contributed by atoms with Gasteiger partial charge in [0.25, 0.3) is 0 Å². The molecular weight excluding hydrogens is 431 g/mol. The van der Waals surface area contributed by atoms with Gasteiger partial charge in [-0.1, -0.05) is 24.5 Å². The molecule has 7 N–H and O–H groups in total. The van der Waals surface area contributed by atoms with Gasteiger partial charge in [-0.15, -0.1) is 0 Å². The van der Waals surface area contributed by atoms with Gasteiger partial charge in [-0.25, -0.2) is 0 Å². The number of phenols is 1. The fourth-order valence-corrected chi connectivity index (χ4v) is 6.47. The first-order valence-electron chi connectivity index (χ1n) is 11.1. The average Bonchev–Trinajstić information content (AvgIpc) is 2.75. The number of rotatable bonds is 13. The summed E-state index contributed by atoms with van der Waals surface area (Å²) in [5.74, 6) is -1.59. The van der Waals surface area contributed by atoms with Gasteiger partial charge in [-0.05, 0) is 65.8 Å². The highest BCUT2D eigenvalue weighted by Crippen LogP contribution is 2.42. The standard InChI is InChI=1S/C22H37N4O5P/c1-16-8-9-19(27)20(12-16)32-14-25(10-4-2-6-17(23)21(28)29)13-26(15-32)11-5-3-7-18(24)22(30)31/h8-9,12,17-18,27H,2-7,10-11,13-15,23-24H2,1H3,(H,28,29)(H,30,31). The molecule has 1 saturated heterocycles. The molecule has 1 fully saturated rings. The first-order chi connectivity index (χ1) is 15.2. The Bertz CT molecular complexity index is 730. The third-order valence-corrected chi connectivity index (χ3v) is 8.25. The van der Waals surface area contributed by atoms with E-state index >= 15 is 0 Å². The number of aromatic hydroxyl groups is 1. The van der Waals surface area contributed by atoms with Crippen molar-refractivity contribution < 1.29 is 24.9 Å². The minimum Gasteiger partial charge on any atom is -0.507 e. The van der Waals surface area contributed by atoms with Gasteiger partial charge in [-0.3, -0.25) is 19.4 Å². The molecule has 1 aliphatic heterocycles. The number of carboxylic acids is 2. The molecule has 1 aliphatic rings. The quantitative estimate of drug-likeness (QED) is 0.214. The predicted octanol–water partition coefficient (Wildman–Crippen LogP) is 1.46. The lowest BCUT2D eigenvalue weighted by Gasteiger charge is -2.41. The normalized spacial score (nSPS) is 19.5. The van der Waals surface area contributed by atoms with Crippen LogP contribution in [0, 0.1) is 6.92 Å². The van der Waals surface area contributed by atoms with Crippen molar-refractivity contribution in [2.45, 2.75) is 57.5 Å². The van der Waals surface area contributed by atoms with Crippen LogP contribution in [0.5, 0.6) is 5.75 Å². The molecule has 0 amide bonds. The first-order valence-corrected chi connectivity index (χ1v) is 12.8. The Labute approximate surface area is 191 Å². The van der Waals surface area contributed by atoms with Crippen LogP contribution in [0.1, 0.15) is 44.1 Å². The van der Waals surface area contributed by atoms with E-state index in [1.54, 1.807) is 6.07 Å². The number of hydrogen-bond acceptors (Lipinski definition) is 7. The number of nitrogens with zero attached hydrogens (tertiary/aromatic N) is 2. The summed E-state index contributed by atoms with van der Waals surface area (Å²) >= 11 is 0. The maximum Gasteiger partial charge on any atom is 0.320 e.